The highest BCUT2D eigenvalue weighted by molar-refractivity contribution is 6.29. The van der Waals surface area contributed by atoms with E-state index in [1.807, 2.05) is 0 Å². The Hall–Kier alpha value is -0.620. The molecule has 0 atom stereocenters. The second kappa shape index (κ2) is 8.62. The molecule has 7 heteroatoms. The van der Waals surface area contributed by atoms with E-state index in [4.69, 9.17) is 11.6 Å². The van der Waals surface area contributed by atoms with Crippen LogP contribution in [0, 0.1) is 0 Å². The van der Waals surface area contributed by atoms with Crippen LogP contribution in [-0.4, -0.2) is 73.1 Å². The minimum Gasteiger partial charge on any atom is -0.353 e. The van der Waals surface area contributed by atoms with E-state index in [2.05, 4.69) is 38.8 Å². The molecule has 1 fully saturated rings. The Morgan fingerprint density at radius 1 is 1.20 bits per heavy atom. The summed E-state index contributed by atoms with van der Waals surface area (Å²) in [6.45, 7) is 6.49. The highest BCUT2D eigenvalue weighted by Gasteiger charge is 2.17. The molecule has 20 heavy (non-hydrogen) atoms. The summed E-state index contributed by atoms with van der Waals surface area (Å²) in [6, 6.07) is 0. The van der Waals surface area contributed by atoms with Crippen molar-refractivity contribution < 1.29 is 0 Å². The van der Waals surface area contributed by atoms with Gasteiger partial charge in [-0.1, -0.05) is 11.6 Å². The largest absolute Gasteiger partial charge is 0.353 e. The van der Waals surface area contributed by atoms with Gasteiger partial charge in [-0.05, 0) is 33.6 Å². The van der Waals surface area contributed by atoms with Crippen molar-refractivity contribution in [3.63, 3.8) is 0 Å². The molecule has 2 rings (SSSR count). The summed E-state index contributed by atoms with van der Waals surface area (Å²) in [5.41, 5.74) is 0. The Kier molecular flexibility index (Phi) is 7.51. The van der Waals surface area contributed by atoms with Gasteiger partial charge in [0.1, 0.15) is 11.0 Å². The van der Waals surface area contributed by atoms with Gasteiger partial charge in [-0.25, -0.2) is 4.98 Å². The lowest BCUT2D eigenvalue weighted by Gasteiger charge is -2.35. The van der Waals surface area contributed by atoms with E-state index in [0.29, 0.717) is 5.15 Å². The molecule has 0 saturated carbocycles. The highest BCUT2D eigenvalue weighted by Crippen LogP contribution is 2.14. The molecule has 0 unspecified atom stereocenters. The minimum atomic E-state index is 0. The van der Waals surface area contributed by atoms with Crippen LogP contribution in [0.15, 0.2) is 12.4 Å². The smallest absolute Gasteiger partial charge is 0.149 e. The topological polar surface area (TPSA) is 35.5 Å². The van der Waals surface area contributed by atoms with Crippen molar-refractivity contribution in [2.24, 2.45) is 0 Å². The molecule has 1 saturated heterocycles. The van der Waals surface area contributed by atoms with Crippen LogP contribution in [0.1, 0.15) is 6.42 Å². The summed E-state index contributed by atoms with van der Waals surface area (Å²) in [6.07, 6.45) is 4.58. The molecular formula is C13H23Cl2N5. The van der Waals surface area contributed by atoms with Crippen LogP contribution in [0.25, 0.3) is 0 Å². The standard InChI is InChI=1S/C13H22ClN5.ClH/c1-17(2)4-3-5-18-6-8-19(9-7-18)13-11-15-10-12(14)16-13;/h10-11H,3-9H2,1-2H3;1H. The van der Waals surface area contributed by atoms with Crippen molar-refractivity contribution in [2.75, 3.05) is 58.3 Å². The van der Waals surface area contributed by atoms with Gasteiger partial charge >= 0.3 is 0 Å². The first-order valence-electron chi connectivity index (χ1n) is 6.75. The fourth-order valence-electron chi connectivity index (χ4n) is 2.30. The van der Waals surface area contributed by atoms with E-state index in [9.17, 15) is 0 Å². The highest BCUT2D eigenvalue weighted by atomic mass is 35.5. The second-order valence-electron chi connectivity index (χ2n) is 5.19. The lowest BCUT2D eigenvalue weighted by Crippen LogP contribution is -2.47. The van der Waals surface area contributed by atoms with Gasteiger partial charge in [-0.15, -0.1) is 12.4 Å². The van der Waals surface area contributed by atoms with Gasteiger partial charge in [-0.2, -0.15) is 0 Å². The number of halogens is 2. The molecule has 1 aromatic heterocycles. The van der Waals surface area contributed by atoms with Gasteiger partial charge in [0.05, 0.1) is 12.4 Å². The molecule has 1 aliphatic rings. The predicted octanol–water partition coefficient (Wildman–Crippen LogP) is 1.63. The zero-order valence-electron chi connectivity index (χ0n) is 12.1. The Balaban J connectivity index is 0.00000200. The average molecular weight is 320 g/mol. The monoisotopic (exact) mass is 319 g/mol. The first kappa shape index (κ1) is 17.4. The van der Waals surface area contributed by atoms with Crippen LogP contribution < -0.4 is 4.90 Å². The van der Waals surface area contributed by atoms with Crippen molar-refractivity contribution in [1.82, 2.24) is 19.8 Å². The maximum atomic E-state index is 5.88. The van der Waals surface area contributed by atoms with Gasteiger partial charge in [0.15, 0.2) is 0 Å². The molecule has 0 aliphatic carbocycles. The van der Waals surface area contributed by atoms with Crippen LogP contribution >= 0.6 is 24.0 Å². The van der Waals surface area contributed by atoms with E-state index in [-0.39, 0.29) is 12.4 Å². The van der Waals surface area contributed by atoms with Gasteiger partial charge in [0, 0.05) is 26.2 Å². The SMILES string of the molecule is CN(C)CCCN1CCN(c2cncc(Cl)n2)CC1.Cl. The van der Waals surface area contributed by atoms with Crippen LogP contribution in [0.5, 0.6) is 0 Å². The Labute approximate surface area is 132 Å². The first-order valence-corrected chi connectivity index (χ1v) is 7.12. The molecular weight excluding hydrogens is 297 g/mol. The van der Waals surface area contributed by atoms with E-state index >= 15 is 0 Å². The third-order valence-electron chi connectivity index (χ3n) is 3.37. The number of aromatic nitrogens is 2. The van der Waals surface area contributed by atoms with Crippen molar-refractivity contribution in [3.05, 3.63) is 17.5 Å². The fraction of sp³-hybridized carbons (Fsp3) is 0.692. The summed E-state index contributed by atoms with van der Waals surface area (Å²) in [7, 11) is 4.24. The van der Waals surface area contributed by atoms with Crippen LogP contribution in [0.2, 0.25) is 5.15 Å². The summed E-state index contributed by atoms with van der Waals surface area (Å²) in [4.78, 5) is 15.4. The molecule has 0 bridgehead atoms. The van der Waals surface area contributed by atoms with Crippen molar-refractivity contribution >= 4 is 29.8 Å². The van der Waals surface area contributed by atoms with Crippen LogP contribution in [0.3, 0.4) is 0 Å². The number of hydrogen-bond acceptors (Lipinski definition) is 5. The third kappa shape index (κ3) is 5.40. The summed E-state index contributed by atoms with van der Waals surface area (Å²) in [5.74, 6) is 0.889. The van der Waals surface area contributed by atoms with Crippen LogP contribution in [-0.2, 0) is 0 Å². The van der Waals surface area contributed by atoms with E-state index in [1.54, 1.807) is 12.4 Å². The minimum absolute atomic E-state index is 0. The Morgan fingerprint density at radius 3 is 2.50 bits per heavy atom. The molecule has 0 spiro atoms. The predicted molar refractivity (Wildman–Crippen MR) is 86.1 cm³/mol. The van der Waals surface area contributed by atoms with E-state index in [1.165, 1.54) is 13.0 Å². The molecule has 5 nitrogen and oxygen atoms in total. The number of anilines is 1. The molecule has 0 aromatic carbocycles. The zero-order chi connectivity index (χ0) is 13.7. The van der Waals surface area contributed by atoms with Crippen molar-refractivity contribution in [2.45, 2.75) is 6.42 Å². The zero-order valence-corrected chi connectivity index (χ0v) is 13.7. The molecule has 1 aromatic rings. The third-order valence-corrected chi connectivity index (χ3v) is 3.55. The summed E-state index contributed by atoms with van der Waals surface area (Å²) in [5, 5.41) is 0.464. The normalized spacial score (nSPS) is 16.3. The van der Waals surface area contributed by atoms with Crippen molar-refractivity contribution in [3.8, 4) is 0 Å². The van der Waals surface area contributed by atoms with Gasteiger partial charge < -0.3 is 9.80 Å². The first-order chi connectivity index (χ1) is 9.15. The number of rotatable bonds is 5. The number of hydrogen-bond donors (Lipinski definition) is 0. The average Bonchev–Trinajstić information content (AvgIpc) is 2.39. The fourth-order valence-corrected chi connectivity index (χ4v) is 2.44. The molecule has 114 valence electrons. The summed E-state index contributed by atoms with van der Waals surface area (Å²) >= 11 is 5.88. The van der Waals surface area contributed by atoms with Gasteiger partial charge in [0.2, 0.25) is 0 Å². The van der Waals surface area contributed by atoms with E-state index < -0.39 is 0 Å². The Bertz CT molecular complexity index is 394. The number of nitrogens with zero attached hydrogens (tertiary/aromatic N) is 5. The van der Waals surface area contributed by atoms with Crippen molar-refractivity contribution in [1.29, 1.82) is 0 Å². The van der Waals surface area contributed by atoms with E-state index in [0.717, 1.165) is 38.5 Å². The second-order valence-corrected chi connectivity index (χ2v) is 5.57. The summed E-state index contributed by atoms with van der Waals surface area (Å²) < 4.78 is 0. The lowest BCUT2D eigenvalue weighted by molar-refractivity contribution is 0.242. The number of piperazine rings is 1. The van der Waals surface area contributed by atoms with Crippen LogP contribution in [0.4, 0.5) is 5.82 Å². The molecule has 2 heterocycles. The lowest BCUT2D eigenvalue weighted by atomic mass is 10.3. The maximum Gasteiger partial charge on any atom is 0.149 e. The Morgan fingerprint density at radius 2 is 1.90 bits per heavy atom. The molecule has 1 aliphatic heterocycles. The molecule has 0 radical (unpaired) electrons. The maximum absolute atomic E-state index is 5.88. The molecule has 0 N–H and O–H groups in total. The van der Waals surface area contributed by atoms with Gasteiger partial charge in [-0.3, -0.25) is 9.88 Å². The van der Waals surface area contributed by atoms with Gasteiger partial charge in [0.25, 0.3) is 0 Å². The molecule has 0 amide bonds. The quantitative estimate of drug-likeness (QED) is 0.824.